The van der Waals surface area contributed by atoms with E-state index in [1.807, 2.05) is 60.0 Å². The Hall–Kier alpha value is -3.75. The van der Waals surface area contributed by atoms with Crippen molar-refractivity contribution in [1.82, 2.24) is 24.7 Å². The van der Waals surface area contributed by atoms with Crippen LogP contribution in [0.25, 0.3) is 27.9 Å². The van der Waals surface area contributed by atoms with E-state index in [1.54, 1.807) is 13.2 Å². The predicted octanol–water partition coefficient (Wildman–Crippen LogP) is 5.93. The van der Waals surface area contributed by atoms with Gasteiger partial charge in [0, 0.05) is 29.7 Å². The van der Waals surface area contributed by atoms with E-state index in [1.165, 1.54) is 0 Å². The number of amides is 2. The van der Waals surface area contributed by atoms with Crippen LogP contribution in [0.2, 0.25) is 10.0 Å². The third kappa shape index (κ3) is 4.62. The van der Waals surface area contributed by atoms with Crippen LogP contribution >= 0.6 is 23.2 Å². The number of fused-ring (bicyclic) bond motifs is 2. The van der Waals surface area contributed by atoms with Gasteiger partial charge in [0.25, 0.3) is 0 Å². The second-order valence-electron chi connectivity index (χ2n) is 7.91. The molecule has 0 saturated heterocycles. The minimum absolute atomic E-state index is 0.302. The zero-order valence-electron chi connectivity index (χ0n) is 19.0. The highest BCUT2D eigenvalue weighted by atomic mass is 35.5. The molecule has 178 valence electrons. The molecule has 0 unspecified atom stereocenters. The van der Waals surface area contributed by atoms with Crippen molar-refractivity contribution in [1.29, 1.82) is 0 Å². The van der Waals surface area contributed by atoms with E-state index in [4.69, 9.17) is 32.9 Å². The van der Waals surface area contributed by atoms with Gasteiger partial charge in [0.1, 0.15) is 11.6 Å². The summed E-state index contributed by atoms with van der Waals surface area (Å²) >= 11 is 12.7. The molecule has 3 aromatic heterocycles. The average Bonchev–Trinajstić information content (AvgIpc) is 3.43. The fourth-order valence-corrected chi connectivity index (χ4v) is 4.41. The summed E-state index contributed by atoms with van der Waals surface area (Å²) in [7, 11) is 1.60. The molecule has 0 aliphatic carbocycles. The Kier molecular flexibility index (Phi) is 6.23. The number of aromatic amines is 1. The standard InChI is InChI=1S/C25H22Cl2N6O2/c1-3-28-25(34)32-20-8-9-22(17-6-5-16(35-2)12-18(17)27)33-13-15(29-24(20)33)11-23-30-19-7-4-14(26)10-21(19)31-23/h4-10,12-13H,3,11H2,1-2H3,(H,30,31)(H2,28,32,34). The number of nitrogens with zero attached hydrogens (tertiary/aromatic N) is 3. The summed E-state index contributed by atoms with van der Waals surface area (Å²) in [6.45, 7) is 2.37. The first-order chi connectivity index (χ1) is 16.9. The van der Waals surface area contributed by atoms with Crippen molar-refractivity contribution in [2.24, 2.45) is 0 Å². The topological polar surface area (TPSA) is 96.3 Å². The van der Waals surface area contributed by atoms with Crippen LogP contribution in [0.15, 0.2) is 54.7 Å². The monoisotopic (exact) mass is 508 g/mol. The summed E-state index contributed by atoms with van der Waals surface area (Å²) in [5.41, 5.74) is 5.26. The Morgan fingerprint density at radius 1 is 1.11 bits per heavy atom. The summed E-state index contributed by atoms with van der Waals surface area (Å²) in [6.07, 6.45) is 2.39. The molecule has 0 spiro atoms. The normalized spacial score (nSPS) is 11.2. The second kappa shape index (κ2) is 9.48. The Morgan fingerprint density at radius 3 is 2.74 bits per heavy atom. The number of ether oxygens (including phenoxy) is 1. The number of nitrogens with one attached hydrogen (secondary N) is 3. The first kappa shape index (κ1) is 23.0. The van der Waals surface area contributed by atoms with Gasteiger partial charge in [0.2, 0.25) is 0 Å². The number of pyridine rings is 1. The molecule has 0 bridgehead atoms. The lowest BCUT2D eigenvalue weighted by atomic mass is 10.1. The van der Waals surface area contributed by atoms with Crippen LogP contribution in [0.1, 0.15) is 18.4 Å². The van der Waals surface area contributed by atoms with Crippen molar-refractivity contribution in [2.45, 2.75) is 13.3 Å². The van der Waals surface area contributed by atoms with Crippen molar-refractivity contribution in [2.75, 3.05) is 19.0 Å². The number of anilines is 1. The van der Waals surface area contributed by atoms with Crippen LogP contribution in [0.4, 0.5) is 10.5 Å². The van der Waals surface area contributed by atoms with Gasteiger partial charge in [-0.15, -0.1) is 0 Å². The number of benzene rings is 2. The zero-order valence-corrected chi connectivity index (χ0v) is 20.5. The van der Waals surface area contributed by atoms with Crippen molar-refractivity contribution < 1.29 is 9.53 Å². The second-order valence-corrected chi connectivity index (χ2v) is 8.75. The Balaban J connectivity index is 1.59. The fourth-order valence-electron chi connectivity index (χ4n) is 3.97. The van der Waals surface area contributed by atoms with Gasteiger partial charge in [0.05, 0.1) is 40.2 Å². The van der Waals surface area contributed by atoms with Gasteiger partial charge in [0.15, 0.2) is 5.65 Å². The van der Waals surface area contributed by atoms with Gasteiger partial charge in [-0.3, -0.25) is 4.40 Å². The van der Waals surface area contributed by atoms with Crippen LogP contribution in [0.3, 0.4) is 0 Å². The molecule has 0 fully saturated rings. The number of carbonyl (C=O) groups is 1. The highest BCUT2D eigenvalue weighted by molar-refractivity contribution is 6.33. The summed E-state index contributed by atoms with van der Waals surface area (Å²) in [4.78, 5) is 25.0. The average molecular weight is 509 g/mol. The lowest BCUT2D eigenvalue weighted by Crippen LogP contribution is -2.28. The SMILES string of the molecule is CCNC(=O)Nc1ccc(-c2ccc(OC)cc2Cl)n2cc(Cc3nc4ccc(Cl)cc4[nH]3)nc12. The number of aromatic nitrogens is 4. The summed E-state index contributed by atoms with van der Waals surface area (Å²) in [5, 5.41) is 6.81. The van der Waals surface area contributed by atoms with Crippen LogP contribution in [0, 0.1) is 0 Å². The largest absolute Gasteiger partial charge is 0.497 e. The van der Waals surface area contributed by atoms with Crippen LogP contribution in [-0.2, 0) is 6.42 Å². The fraction of sp³-hybridized carbons (Fsp3) is 0.160. The molecule has 35 heavy (non-hydrogen) atoms. The number of hydrogen-bond donors (Lipinski definition) is 3. The van der Waals surface area contributed by atoms with Gasteiger partial charge in [-0.25, -0.2) is 14.8 Å². The molecule has 2 amide bonds. The Labute approximate surface area is 211 Å². The lowest BCUT2D eigenvalue weighted by Gasteiger charge is -2.12. The molecule has 2 aromatic carbocycles. The van der Waals surface area contributed by atoms with E-state index >= 15 is 0 Å². The van der Waals surface area contributed by atoms with Gasteiger partial charge in [-0.1, -0.05) is 23.2 Å². The molecule has 3 heterocycles. The molecule has 0 radical (unpaired) electrons. The highest BCUT2D eigenvalue weighted by Crippen LogP contribution is 2.33. The van der Waals surface area contributed by atoms with Crippen LogP contribution in [-0.4, -0.2) is 39.0 Å². The maximum atomic E-state index is 12.2. The minimum Gasteiger partial charge on any atom is -0.497 e. The molecule has 10 heteroatoms. The zero-order chi connectivity index (χ0) is 24.5. The summed E-state index contributed by atoms with van der Waals surface area (Å²) in [5.74, 6) is 1.42. The number of imidazole rings is 2. The smallest absolute Gasteiger partial charge is 0.319 e. The predicted molar refractivity (Wildman–Crippen MR) is 139 cm³/mol. The van der Waals surface area contributed by atoms with Crippen molar-refractivity contribution in [3.8, 4) is 17.0 Å². The van der Waals surface area contributed by atoms with Gasteiger partial charge in [-0.05, 0) is 55.5 Å². The lowest BCUT2D eigenvalue weighted by molar-refractivity contribution is 0.252. The van der Waals surface area contributed by atoms with E-state index < -0.39 is 0 Å². The van der Waals surface area contributed by atoms with Crippen molar-refractivity contribution >= 4 is 51.6 Å². The van der Waals surface area contributed by atoms with E-state index in [9.17, 15) is 4.79 Å². The minimum atomic E-state index is -0.302. The molecule has 8 nitrogen and oxygen atoms in total. The van der Waals surface area contributed by atoms with Gasteiger partial charge >= 0.3 is 6.03 Å². The van der Waals surface area contributed by atoms with Crippen molar-refractivity contribution in [3.63, 3.8) is 0 Å². The number of methoxy groups -OCH3 is 1. The molecule has 5 rings (SSSR count). The molecule has 0 saturated carbocycles. The Morgan fingerprint density at radius 2 is 1.97 bits per heavy atom. The van der Waals surface area contributed by atoms with Crippen molar-refractivity contribution in [3.05, 3.63) is 76.3 Å². The van der Waals surface area contributed by atoms with E-state index in [0.717, 1.165) is 33.8 Å². The molecular formula is C25H22Cl2N6O2. The number of hydrogen-bond acceptors (Lipinski definition) is 4. The van der Waals surface area contributed by atoms with E-state index in [0.29, 0.717) is 40.1 Å². The number of urea groups is 1. The van der Waals surface area contributed by atoms with Gasteiger partial charge in [-0.2, -0.15) is 0 Å². The first-order valence-electron chi connectivity index (χ1n) is 11.0. The molecular weight excluding hydrogens is 487 g/mol. The molecule has 0 atom stereocenters. The van der Waals surface area contributed by atoms with Crippen LogP contribution < -0.4 is 15.4 Å². The summed E-state index contributed by atoms with van der Waals surface area (Å²) < 4.78 is 7.21. The number of carbonyl (C=O) groups excluding carboxylic acids is 1. The third-order valence-corrected chi connectivity index (χ3v) is 6.09. The third-order valence-electron chi connectivity index (χ3n) is 5.54. The first-order valence-corrected chi connectivity index (χ1v) is 11.7. The number of H-pyrrole nitrogens is 1. The van der Waals surface area contributed by atoms with Crippen LogP contribution in [0.5, 0.6) is 5.75 Å². The quantitative estimate of drug-likeness (QED) is 0.265. The molecule has 5 aromatic rings. The highest BCUT2D eigenvalue weighted by Gasteiger charge is 2.16. The maximum absolute atomic E-state index is 12.2. The molecule has 3 N–H and O–H groups in total. The number of rotatable bonds is 6. The molecule has 0 aliphatic rings. The van der Waals surface area contributed by atoms with E-state index in [-0.39, 0.29) is 6.03 Å². The number of halogens is 2. The maximum Gasteiger partial charge on any atom is 0.319 e. The summed E-state index contributed by atoms with van der Waals surface area (Å²) in [6, 6.07) is 14.5. The Bertz CT molecular complexity index is 1560. The van der Waals surface area contributed by atoms with Gasteiger partial charge < -0.3 is 20.4 Å². The molecule has 0 aliphatic heterocycles. The van der Waals surface area contributed by atoms with E-state index in [2.05, 4.69) is 20.6 Å².